The maximum absolute atomic E-state index is 14.2. The van der Waals surface area contributed by atoms with Crippen molar-refractivity contribution in [1.29, 1.82) is 0 Å². The van der Waals surface area contributed by atoms with Crippen molar-refractivity contribution >= 4 is 23.1 Å². The highest BCUT2D eigenvalue weighted by molar-refractivity contribution is 7.15. The molecular weight excluding hydrogens is 512 g/mol. The van der Waals surface area contributed by atoms with Gasteiger partial charge < -0.3 is 33.9 Å². The minimum Gasteiger partial charge on any atom is -0.497 e. The Morgan fingerprint density at radius 3 is 2.56 bits per heavy atom. The van der Waals surface area contributed by atoms with E-state index in [1.165, 1.54) is 21.0 Å². The molecule has 2 aliphatic heterocycles. The number of carbonyl (C=O) groups is 1. The van der Waals surface area contributed by atoms with Crippen LogP contribution in [-0.4, -0.2) is 55.3 Å². The van der Waals surface area contributed by atoms with Crippen molar-refractivity contribution in [1.82, 2.24) is 14.4 Å². The fourth-order valence-electron chi connectivity index (χ4n) is 5.60. The summed E-state index contributed by atoms with van der Waals surface area (Å²) in [5, 5.41) is 4.33. The topological polar surface area (TPSA) is 68.2 Å². The molecule has 39 heavy (non-hydrogen) atoms. The summed E-state index contributed by atoms with van der Waals surface area (Å²) in [5.41, 5.74) is 5.20. The molecule has 1 atom stereocenters. The van der Waals surface area contributed by atoms with E-state index in [1.807, 2.05) is 46.6 Å². The van der Waals surface area contributed by atoms with Gasteiger partial charge in [0.15, 0.2) is 0 Å². The fourth-order valence-corrected chi connectivity index (χ4v) is 7.05. The Labute approximate surface area is 232 Å². The molecule has 2 aromatic carbocycles. The normalized spacial score (nSPS) is 16.5. The van der Waals surface area contributed by atoms with Crippen LogP contribution in [0, 0.1) is 0 Å². The Kier molecular flexibility index (Phi) is 6.70. The summed E-state index contributed by atoms with van der Waals surface area (Å²) in [6.45, 7) is 2.42. The van der Waals surface area contributed by atoms with Gasteiger partial charge in [0, 0.05) is 35.8 Å². The number of rotatable bonds is 5. The van der Waals surface area contributed by atoms with Crippen LogP contribution in [-0.2, 0) is 19.5 Å². The summed E-state index contributed by atoms with van der Waals surface area (Å²) in [4.78, 5) is 19.9. The Morgan fingerprint density at radius 2 is 1.77 bits per heavy atom. The summed E-state index contributed by atoms with van der Waals surface area (Å²) in [6, 6.07) is 17.0. The van der Waals surface area contributed by atoms with Gasteiger partial charge in [0.1, 0.15) is 22.2 Å². The van der Waals surface area contributed by atoms with Gasteiger partial charge in [-0.2, -0.15) is 0 Å². The molecule has 2 amide bonds. The van der Waals surface area contributed by atoms with Gasteiger partial charge in [0.05, 0.1) is 45.3 Å². The number of likely N-dealkylation sites (N-methyl/N-ethyl adjacent to an activating group) is 1. The number of methoxy groups -OCH3 is 3. The molecule has 6 rings (SSSR count). The number of fused-ring (bicyclic) bond motifs is 5. The van der Waals surface area contributed by atoms with Crippen molar-refractivity contribution in [2.75, 3.05) is 40.2 Å². The maximum Gasteiger partial charge on any atom is 0.323 e. The van der Waals surface area contributed by atoms with Crippen molar-refractivity contribution < 1.29 is 19.0 Å². The monoisotopic (exact) mass is 544 g/mol. The molecule has 202 valence electrons. The van der Waals surface area contributed by atoms with Crippen LogP contribution in [0.4, 0.5) is 10.5 Å². The SMILES string of the molecule is COc1cccc(C2c3cccn3-c3sc4c(c3CN2C(=O)Nc2ccc(OC)cc2OC)CCN(C)C4)c1. The molecule has 0 saturated carbocycles. The van der Waals surface area contributed by atoms with E-state index >= 15 is 0 Å². The summed E-state index contributed by atoms with van der Waals surface area (Å²) < 4.78 is 18.8. The number of anilines is 1. The molecule has 9 heteroatoms. The minimum absolute atomic E-state index is 0.209. The second-order valence-electron chi connectivity index (χ2n) is 9.88. The van der Waals surface area contributed by atoms with Gasteiger partial charge in [-0.25, -0.2) is 4.79 Å². The van der Waals surface area contributed by atoms with Crippen molar-refractivity contribution in [3.8, 4) is 22.2 Å². The van der Waals surface area contributed by atoms with Gasteiger partial charge >= 0.3 is 6.03 Å². The number of urea groups is 1. The number of nitrogens with zero attached hydrogens (tertiary/aromatic N) is 3. The van der Waals surface area contributed by atoms with Crippen LogP contribution in [0.5, 0.6) is 17.2 Å². The molecule has 0 bridgehead atoms. The van der Waals surface area contributed by atoms with Gasteiger partial charge in [0.2, 0.25) is 0 Å². The number of carbonyl (C=O) groups excluding carboxylic acids is 1. The van der Waals surface area contributed by atoms with E-state index in [1.54, 1.807) is 27.4 Å². The number of nitrogens with one attached hydrogen (secondary N) is 1. The van der Waals surface area contributed by atoms with Crippen LogP contribution in [0.2, 0.25) is 0 Å². The zero-order chi connectivity index (χ0) is 27.1. The first-order valence-electron chi connectivity index (χ1n) is 12.9. The first-order chi connectivity index (χ1) is 19.0. The van der Waals surface area contributed by atoms with E-state index in [2.05, 4.69) is 46.2 Å². The van der Waals surface area contributed by atoms with E-state index in [4.69, 9.17) is 14.2 Å². The molecule has 0 fully saturated rings. The molecule has 1 N–H and O–H groups in total. The van der Waals surface area contributed by atoms with Crippen LogP contribution in [0.25, 0.3) is 5.00 Å². The van der Waals surface area contributed by atoms with E-state index in [0.717, 1.165) is 36.5 Å². The molecular formula is C30H32N4O4S. The number of hydrogen-bond donors (Lipinski definition) is 1. The van der Waals surface area contributed by atoms with Crippen LogP contribution in [0.3, 0.4) is 0 Å². The van der Waals surface area contributed by atoms with Crippen LogP contribution >= 0.6 is 11.3 Å². The predicted molar refractivity (Wildman–Crippen MR) is 153 cm³/mol. The molecule has 4 heterocycles. The van der Waals surface area contributed by atoms with Crippen LogP contribution in [0.15, 0.2) is 60.8 Å². The molecule has 0 radical (unpaired) electrons. The third-order valence-electron chi connectivity index (χ3n) is 7.58. The number of aromatic nitrogens is 1. The number of ether oxygens (including phenoxy) is 3. The summed E-state index contributed by atoms with van der Waals surface area (Å²) in [6.07, 6.45) is 3.08. The number of amides is 2. The average Bonchev–Trinajstić information content (AvgIpc) is 3.54. The molecule has 1 unspecified atom stereocenters. The summed E-state index contributed by atoms with van der Waals surface area (Å²) in [7, 11) is 7.02. The fraction of sp³-hybridized carbons (Fsp3) is 0.300. The first-order valence-corrected chi connectivity index (χ1v) is 13.8. The van der Waals surface area contributed by atoms with Gasteiger partial charge in [-0.15, -0.1) is 11.3 Å². The molecule has 4 aromatic rings. The third-order valence-corrected chi connectivity index (χ3v) is 8.83. The first kappa shape index (κ1) is 25.3. The second kappa shape index (κ2) is 10.3. The van der Waals surface area contributed by atoms with Crippen molar-refractivity contribution in [3.05, 3.63) is 88.1 Å². The largest absolute Gasteiger partial charge is 0.497 e. The van der Waals surface area contributed by atoms with Crippen LogP contribution < -0.4 is 19.5 Å². The standard InChI is InChI=1S/C30H32N4O4S/c1-32-14-12-22-23-17-34(30(35)31-24-11-10-21(37-3)16-26(24)38-4)28(19-7-5-8-20(15-19)36-2)25-9-6-13-33(25)29(23)39-27(22)18-32/h5-11,13,15-16,28H,12,14,17-18H2,1-4H3,(H,31,35). The Morgan fingerprint density at radius 1 is 0.949 bits per heavy atom. The molecule has 8 nitrogen and oxygen atoms in total. The smallest absolute Gasteiger partial charge is 0.323 e. The summed E-state index contributed by atoms with van der Waals surface area (Å²) >= 11 is 1.84. The van der Waals surface area contributed by atoms with Crippen LogP contribution in [0.1, 0.15) is 33.3 Å². The lowest BCUT2D eigenvalue weighted by Gasteiger charge is -2.32. The van der Waals surface area contributed by atoms with Crippen molar-refractivity contribution in [3.63, 3.8) is 0 Å². The summed E-state index contributed by atoms with van der Waals surface area (Å²) in [5.74, 6) is 1.95. The number of benzene rings is 2. The van der Waals surface area contributed by atoms with Gasteiger partial charge in [-0.1, -0.05) is 12.1 Å². The highest BCUT2D eigenvalue weighted by Crippen LogP contribution is 2.44. The quantitative estimate of drug-likeness (QED) is 0.350. The van der Waals surface area contributed by atoms with E-state index in [9.17, 15) is 4.79 Å². The molecule has 2 aliphatic rings. The van der Waals surface area contributed by atoms with Crippen molar-refractivity contribution in [2.24, 2.45) is 0 Å². The Hall–Kier alpha value is -3.95. The van der Waals surface area contributed by atoms with Crippen molar-refractivity contribution in [2.45, 2.75) is 25.6 Å². The number of hydrogen-bond acceptors (Lipinski definition) is 6. The second-order valence-corrected chi connectivity index (χ2v) is 11.0. The lowest BCUT2D eigenvalue weighted by molar-refractivity contribution is 0.194. The predicted octanol–water partition coefficient (Wildman–Crippen LogP) is 5.69. The Bertz CT molecular complexity index is 1530. The maximum atomic E-state index is 14.2. The zero-order valence-corrected chi connectivity index (χ0v) is 23.4. The lowest BCUT2D eigenvalue weighted by atomic mass is 10.00. The van der Waals surface area contributed by atoms with Gasteiger partial charge in [-0.05, 0) is 61.0 Å². The van der Waals surface area contributed by atoms with Gasteiger partial charge in [0.25, 0.3) is 0 Å². The minimum atomic E-state index is -0.333. The molecule has 0 aliphatic carbocycles. The zero-order valence-electron chi connectivity index (χ0n) is 22.6. The highest BCUT2D eigenvalue weighted by Gasteiger charge is 2.36. The number of thiophene rings is 1. The van der Waals surface area contributed by atoms with Gasteiger partial charge in [-0.3, -0.25) is 0 Å². The average molecular weight is 545 g/mol. The Balaban J connectivity index is 1.48. The molecule has 2 aromatic heterocycles. The van der Waals surface area contributed by atoms with E-state index in [-0.39, 0.29) is 12.1 Å². The lowest BCUT2D eigenvalue weighted by Crippen LogP contribution is -2.38. The molecule has 0 saturated heterocycles. The van der Waals surface area contributed by atoms with E-state index < -0.39 is 0 Å². The molecule has 0 spiro atoms. The highest BCUT2D eigenvalue weighted by atomic mass is 32.1. The third kappa shape index (κ3) is 4.51. The van der Waals surface area contributed by atoms with E-state index in [0.29, 0.717) is 23.7 Å².